The van der Waals surface area contributed by atoms with Crippen LogP contribution < -0.4 is 10.1 Å². The fourth-order valence-electron chi connectivity index (χ4n) is 1.40. The van der Waals surface area contributed by atoms with E-state index < -0.39 is 11.6 Å². The van der Waals surface area contributed by atoms with E-state index in [-0.39, 0.29) is 17.0 Å². The summed E-state index contributed by atoms with van der Waals surface area (Å²) in [7, 11) is 2.82. The number of anilines is 1. The molecule has 0 radical (unpaired) electrons. The van der Waals surface area contributed by atoms with Gasteiger partial charge in [-0.2, -0.15) is 0 Å². The van der Waals surface area contributed by atoms with Crippen LogP contribution in [0.3, 0.4) is 0 Å². The summed E-state index contributed by atoms with van der Waals surface area (Å²) < 4.78 is 32.0. The number of benzene rings is 1. The zero-order valence-corrected chi connectivity index (χ0v) is 8.95. The molecule has 0 aliphatic rings. The quantitative estimate of drug-likeness (QED) is 0.833. The van der Waals surface area contributed by atoms with Gasteiger partial charge in [0, 0.05) is 18.7 Å². The first kappa shape index (κ1) is 11.5. The lowest BCUT2D eigenvalue weighted by Gasteiger charge is -2.13. The molecule has 1 N–H and O–H groups in total. The fourth-order valence-corrected chi connectivity index (χ4v) is 1.40. The van der Waals surface area contributed by atoms with Gasteiger partial charge in [0.2, 0.25) is 0 Å². The lowest BCUT2D eigenvalue weighted by Crippen LogP contribution is -2.03. The predicted molar refractivity (Wildman–Crippen MR) is 57.2 cm³/mol. The minimum absolute atomic E-state index is 0.0980. The molecular formula is C11H13F2NO. The highest BCUT2D eigenvalue weighted by molar-refractivity contribution is 5.76. The number of hydrogen-bond donors (Lipinski definition) is 1. The minimum Gasteiger partial charge on any atom is -0.494 e. The van der Waals surface area contributed by atoms with Gasteiger partial charge in [0.05, 0.1) is 12.8 Å². The average molecular weight is 213 g/mol. The summed E-state index contributed by atoms with van der Waals surface area (Å²) in [4.78, 5) is 0. The van der Waals surface area contributed by atoms with Gasteiger partial charge in [-0.3, -0.25) is 0 Å². The van der Waals surface area contributed by atoms with Crippen LogP contribution in [0.4, 0.5) is 14.5 Å². The summed E-state index contributed by atoms with van der Waals surface area (Å²) in [5.74, 6) is -1.28. The molecule has 0 heterocycles. The van der Waals surface area contributed by atoms with Gasteiger partial charge >= 0.3 is 0 Å². The van der Waals surface area contributed by atoms with Gasteiger partial charge in [-0.25, -0.2) is 8.78 Å². The second kappa shape index (κ2) is 4.29. The van der Waals surface area contributed by atoms with Crippen LogP contribution in [0.2, 0.25) is 0 Å². The van der Waals surface area contributed by atoms with Gasteiger partial charge in [-0.1, -0.05) is 6.58 Å². The number of rotatable bonds is 3. The monoisotopic (exact) mass is 213 g/mol. The number of hydrogen-bond acceptors (Lipinski definition) is 2. The van der Waals surface area contributed by atoms with Gasteiger partial charge < -0.3 is 10.1 Å². The molecular weight excluding hydrogens is 200 g/mol. The van der Waals surface area contributed by atoms with Gasteiger partial charge in [0.25, 0.3) is 0 Å². The van der Waals surface area contributed by atoms with Crippen molar-refractivity contribution in [2.75, 3.05) is 19.5 Å². The van der Waals surface area contributed by atoms with E-state index in [1.54, 1.807) is 6.92 Å². The molecule has 2 nitrogen and oxygen atoms in total. The molecule has 15 heavy (non-hydrogen) atoms. The van der Waals surface area contributed by atoms with Crippen molar-refractivity contribution in [2.24, 2.45) is 0 Å². The molecule has 0 amide bonds. The number of halogens is 2. The van der Waals surface area contributed by atoms with Crippen molar-refractivity contribution in [1.29, 1.82) is 0 Å². The predicted octanol–water partition coefficient (Wildman–Crippen LogP) is 3.05. The van der Waals surface area contributed by atoms with E-state index in [0.717, 1.165) is 6.07 Å². The van der Waals surface area contributed by atoms with E-state index in [1.807, 2.05) is 0 Å². The smallest absolute Gasteiger partial charge is 0.174 e. The molecule has 0 aliphatic carbocycles. The maximum Gasteiger partial charge on any atom is 0.174 e. The minimum atomic E-state index is -0.601. The van der Waals surface area contributed by atoms with E-state index in [0.29, 0.717) is 5.57 Å². The Kier molecular flexibility index (Phi) is 3.29. The lowest BCUT2D eigenvalue weighted by molar-refractivity contribution is 0.382. The first-order valence-corrected chi connectivity index (χ1v) is 4.42. The van der Waals surface area contributed by atoms with Crippen LogP contribution in [0.1, 0.15) is 12.5 Å². The Morgan fingerprint density at radius 3 is 2.47 bits per heavy atom. The van der Waals surface area contributed by atoms with Crippen molar-refractivity contribution in [1.82, 2.24) is 0 Å². The normalized spacial score (nSPS) is 9.93. The molecule has 0 saturated carbocycles. The molecule has 1 rings (SSSR count). The second-order valence-corrected chi connectivity index (χ2v) is 3.15. The molecule has 0 unspecified atom stereocenters. The molecule has 4 heteroatoms. The fraction of sp³-hybridized carbons (Fsp3) is 0.273. The summed E-state index contributed by atoms with van der Waals surface area (Å²) in [6.45, 7) is 5.22. The Balaban J connectivity index is 3.55. The molecule has 1 aromatic rings. The second-order valence-electron chi connectivity index (χ2n) is 3.15. The van der Waals surface area contributed by atoms with Crippen LogP contribution >= 0.6 is 0 Å². The van der Waals surface area contributed by atoms with E-state index >= 15 is 0 Å². The first-order chi connectivity index (χ1) is 7.02. The first-order valence-electron chi connectivity index (χ1n) is 4.42. The third-order valence-corrected chi connectivity index (χ3v) is 2.08. The summed E-state index contributed by atoms with van der Waals surface area (Å²) in [6.07, 6.45) is 0. The molecule has 1 aromatic carbocycles. The van der Waals surface area contributed by atoms with Crippen molar-refractivity contribution in [3.8, 4) is 5.75 Å². The molecule has 0 bridgehead atoms. The molecule has 82 valence electrons. The third-order valence-electron chi connectivity index (χ3n) is 2.08. The van der Waals surface area contributed by atoms with Crippen LogP contribution in [0.15, 0.2) is 12.6 Å². The Bertz CT molecular complexity index is 402. The zero-order chi connectivity index (χ0) is 11.6. The SMILES string of the molecule is C=C(C)c1c(F)c(OC)cc(F)c1NC. The van der Waals surface area contributed by atoms with E-state index in [9.17, 15) is 8.78 Å². The topological polar surface area (TPSA) is 21.3 Å². The van der Waals surface area contributed by atoms with Crippen LogP contribution in [0.5, 0.6) is 5.75 Å². The van der Waals surface area contributed by atoms with Gasteiger partial charge in [-0.15, -0.1) is 0 Å². The van der Waals surface area contributed by atoms with E-state index in [1.165, 1.54) is 14.2 Å². The Morgan fingerprint density at radius 1 is 1.47 bits per heavy atom. The largest absolute Gasteiger partial charge is 0.494 e. The van der Waals surface area contributed by atoms with Crippen molar-refractivity contribution in [2.45, 2.75) is 6.92 Å². The highest BCUT2D eigenvalue weighted by Crippen LogP contribution is 2.34. The highest BCUT2D eigenvalue weighted by Gasteiger charge is 2.18. The number of methoxy groups -OCH3 is 1. The molecule has 0 aromatic heterocycles. The number of nitrogens with one attached hydrogen (secondary N) is 1. The van der Waals surface area contributed by atoms with Crippen LogP contribution in [0, 0.1) is 11.6 Å². The number of allylic oxidation sites excluding steroid dienone is 1. The average Bonchev–Trinajstić information content (AvgIpc) is 2.19. The summed E-state index contributed by atoms with van der Waals surface area (Å²) >= 11 is 0. The van der Waals surface area contributed by atoms with Crippen molar-refractivity contribution < 1.29 is 13.5 Å². The van der Waals surface area contributed by atoms with Gasteiger partial charge in [-0.05, 0) is 12.5 Å². The van der Waals surface area contributed by atoms with Crippen molar-refractivity contribution in [3.63, 3.8) is 0 Å². The van der Waals surface area contributed by atoms with Crippen molar-refractivity contribution in [3.05, 3.63) is 29.8 Å². The highest BCUT2D eigenvalue weighted by atomic mass is 19.1. The maximum absolute atomic E-state index is 13.8. The summed E-state index contributed by atoms with van der Waals surface area (Å²) in [6, 6.07) is 1.01. The van der Waals surface area contributed by atoms with Gasteiger partial charge in [0.15, 0.2) is 17.4 Å². The van der Waals surface area contributed by atoms with E-state index in [4.69, 9.17) is 4.74 Å². The Morgan fingerprint density at radius 2 is 2.07 bits per heavy atom. The lowest BCUT2D eigenvalue weighted by atomic mass is 10.0. The molecule has 0 fully saturated rings. The van der Waals surface area contributed by atoms with Crippen LogP contribution in [-0.4, -0.2) is 14.2 Å². The standard InChI is InChI=1S/C11H13F2NO/c1-6(2)9-10(13)8(15-4)5-7(12)11(9)14-3/h5,14H,1H2,2-4H3. The van der Waals surface area contributed by atoms with Crippen LogP contribution in [0.25, 0.3) is 5.57 Å². The van der Waals surface area contributed by atoms with Crippen molar-refractivity contribution >= 4 is 11.3 Å². The Labute approximate surface area is 87.6 Å². The Hall–Kier alpha value is -1.58. The maximum atomic E-state index is 13.8. The summed E-state index contributed by atoms with van der Waals surface area (Å²) in [5.41, 5.74) is 0.657. The zero-order valence-electron chi connectivity index (χ0n) is 8.95. The number of ether oxygens (including phenoxy) is 1. The molecule has 0 aliphatic heterocycles. The molecule has 0 saturated heterocycles. The third kappa shape index (κ3) is 1.93. The molecule has 0 atom stereocenters. The molecule has 0 spiro atoms. The summed E-state index contributed by atoms with van der Waals surface area (Å²) in [5, 5.41) is 2.61. The van der Waals surface area contributed by atoms with Crippen LogP contribution in [-0.2, 0) is 0 Å². The van der Waals surface area contributed by atoms with Gasteiger partial charge in [0.1, 0.15) is 0 Å². The van der Waals surface area contributed by atoms with E-state index in [2.05, 4.69) is 11.9 Å².